The highest BCUT2D eigenvalue weighted by atomic mass is 35.5. The fourth-order valence-electron chi connectivity index (χ4n) is 1.88. The number of aromatic nitrogens is 1. The minimum absolute atomic E-state index is 0.125. The summed E-state index contributed by atoms with van der Waals surface area (Å²) in [6.07, 6.45) is 3.11. The van der Waals surface area contributed by atoms with Gasteiger partial charge in [-0.25, -0.2) is 4.98 Å². The maximum atomic E-state index is 6.04. The first kappa shape index (κ1) is 12.4. The normalized spacial score (nSPS) is 13.2. The lowest BCUT2D eigenvalue weighted by Gasteiger charge is -2.04. The minimum atomic E-state index is -0.125. The lowest BCUT2D eigenvalue weighted by molar-refractivity contribution is 0.449. The number of aryl methyl sites for hydroxylation is 1. The van der Waals surface area contributed by atoms with Crippen LogP contribution >= 0.6 is 11.6 Å². The molecule has 3 nitrogen and oxygen atoms in total. The molecule has 4 heteroatoms. The zero-order valence-corrected chi connectivity index (χ0v) is 10.9. The maximum Gasteiger partial charge on any atom is 0.212 e. The van der Waals surface area contributed by atoms with E-state index in [1.54, 1.807) is 0 Å². The van der Waals surface area contributed by atoms with E-state index in [4.69, 9.17) is 21.8 Å². The van der Waals surface area contributed by atoms with Crippen LogP contribution in [0.5, 0.6) is 0 Å². The van der Waals surface area contributed by atoms with Crippen LogP contribution in [0.3, 0.4) is 0 Å². The summed E-state index contributed by atoms with van der Waals surface area (Å²) < 4.78 is 5.72. The van der Waals surface area contributed by atoms with E-state index in [1.807, 2.05) is 19.1 Å². The summed E-state index contributed by atoms with van der Waals surface area (Å²) in [6, 6.07) is 3.56. The topological polar surface area (TPSA) is 52.0 Å². The molecule has 92 valence electrons. The first-order chi connectivity index (χ1) is 8.11. The molecule has 0 aliphatic carbocycles. The van der Waals surface area contributed by atoms with Crippen LogP contribution in [0.2, 0.25) is 5.02 Å². The van der Waals surface area contributed by atoms with Crippen LogP contribution in [-0.2, 0) is 0 Å². The van der Waals surface area contributed by atoms with Gasteiger partial charge in [-0.05, 0) is 31.0 Å². The highest BCUT2D eigenvalue weighted by Crippen LogP contribution is 2.27. The highest BCUT2D eigenvalue weighted by Gasteiger charge is 2.15. The Morgan fingerprint density at radius 2 is 2.24 bits per heavy atom. The maximum absolute atomic E-state index is 6.04. The van der Waals surface area contributed by atoms with Crippen LogP contribution in [0.1, 0.15) is 43.7 Å². The molecule has 0 fully saturated rings. The zero-order chi connectivity index (χ0) is 12.4. The molecular formula is C13H17ClN2O. The molecule has 1 aromatic heterocycles. The van der Waals surface area contributed by atoms with Crippen molar-refractivity contribution < 1.29 is 4.42 Å². The summed E-state index contributed by atoms with van der Waals surface area (Å²) >= 11 is 5.98. The van der Waals surface area contributed by atoms with E-state index in [0.717, 1.165) is 35.9 Å². The Balaban J connectivity index is 2.34. The van der Waals surface area contributed by atoms with E-state index in [-0.39, 0.29) is 6.04 Å². The third kappa shape index (κ3) is 2.61. The Labute approximate surface area is 106 Å². The number of hydrogen-bond acceptors (Lipinski definition) is 3. The third-order valence-corrected chi connectivity index (χ3v) is 3.06. The van der Waals surface area contributed by atoms with Gasteiger partial charge >= 0.3 is 0 Å². The largest absolute Gasteiger partial charge is 0.439 e. The van der Waals surface area contributed by atoms with E-state index < -0.39 is 0 Å². The number of rotatable bonds is 4. The van der Waals surface area contributed by atoms with Gasteiger partial charge in [0.25, 0.3) is 0 Å². The molecule has 0 saturated carbocycles. The summed E-state index contributed by atoms with van der Waals surface area (Å²) in [4.78, 5) is 4.41. The van der Waals surface area contributed by atoms with Crippen molar-refractivity contribution in [1.82, 2.24) is 4.98 Å². The second-order valence-electron chi connectivity index (χ2n) is 4.37. The summed E-state index contributed by atoms with van der Waals surface area (Å²) in [5.41, 5.74) is 8.62. The molecule has 0 aliphatic heterocycles. The summed E-state index contributed by atoms with van der Waals surface area (Å²) in [5, 5.41) is 0.678. The monoisotopic (exact) mass is 252 g/mol. The second-order valence-corrected chi connectivity index (χ2v) is 4.81. The van der Waals surface area contributed by atoms with Crippen molar-refractivity contribution in [2.75, 3.05) is 0 Å². The Morgan fingerprint density at radius 3 is 2.94 bits per heavy atom. The fraction of sp³-hybridized carbons (Fsp3) is 0.462. The Kier molecular flexibility index (Phi) is 3.69. The van der Waals surface area contributed by atoms with Gasteiger partial charge in [0.2, 0.25) is 5.89 Å². The van der Waals surface area contributed by atoms with Gasteiger partial charge < -0.3 is 10.2 Å². The predicted molar refractivity (Wildman–Crippen MR) is 70.2 cm³/mol. The SMILES string of the molecule is CCCCC(N)c1nc2cc(Cl)cc(C)c2o1. The first-order valence-electron chi connectivity index (χ1n) is 5.94. The minimum Gasteiger partial charge on any atom is -0.439 e. The molecule has 0 amide bonds. The van der Waals surface area contributed by atoms with Crippen molar-refractivity contribution in [2.24, 2.45) is 5.73 Å². The predicted octanol–water partition coefficient (Wildman–Crippen LogP) is 3.98. The van der Waals surface area contributed by atoms with Crippen molar-refractivity contribution in [3.05, 3.63) is 28.6 Å². The molecule has 0 spiro atoms. The molecule has 2 rings (SSSR count). The van der Waals surface area contributed by atoms with Gasteiger partial charge in [-0.1, -0.05) is 31.4 Å². The van der Waals surface area contributed by atoms with Crippen LogP contribution in [0.15, 0.2) is 16.5 Å². The van der Waals surface area contributed by atoms with Crippen LogP contribution < -0.4 is 5.73 Å². The number of nitrogens with zero attached hydrogens (tertiary/aromatic N) is 1. The van der Waals surface area contributed by atoms with Crippen molar-refractivity contribution >= 4 is 22.7 Å². The van der Waals surface area contributed by atoms with Crippen LogP contribution in [-0.4, -0.2) is 4.98 Å². The average molecular weight is 253 g/mol. The first-order valence-corrected chi connectivity index (χ1v) is 6.31. The molecule has 17 heavy (non-hydrogen) atoms. The molecule has 2 aromatic rings. The molecule has 0 saturated heterocycles. The number of oxazole rings is 1. The van der Waals surface area contributed by atoms with Gasteiger partial charge in [0.15, 0.2) is 5.58 Å². The second kappa shape index (κ2) is 5.07. The number of halogens is 1. The molecule has 1 unspecified atom stereocenters. The summed E-state index contributed by atoms with van der Waals surface area (Å²) in [6.45, 7) is 4.10. The summed E-state index contributed by atoms with van der Waals surface area (Å²) in [7, 11) is 0. The van der Waals surface area contributed by atoms with Gasteiger partial charge in [0.05, 0.1) is 6.04 Å². The third-order valence-electron chi connectivity index (χ3n) is 2.84. The highest BCUT2D eigenvalue weighted by molar-refractivity contribution is 6.31. The van der Waals surface area contributed by atoms with E-state index in [2.05, 4.69) is 11.9 Å². The Morgan fingerprint density at radius 1 is 1.47 bits per heavy atom. The van der Waals surface area contributed by atoms with Crippen molar-refractivity contribution in [1.29, 1.82) is 0 Å². The Bertz CT molecular complexity index is 521. The van der Waals surface area contributed by atoms with Gasteiger partial charge in [0, 0.05) is 5.02 Å². The van der Waals surface area contributed by atoms with E-state index >= 15 is 0 Å². The van der Waals surface area contributed by atoms with E-state index in [0.29, 0.717) is 10.9 Å². The molecular weight excluding hydrogens is 236 g/mol. The molecule has 0 aliphatic rings. The lowest BCUT2D eigenvalue weighted by Crippen LogP contribution is -2.10. The van der Waals surface area contributed by atoms with Gasteiger partial charge in [-0.2, -0.15) is 0 Å². The molecule has 0 radical (unpaired) electrons. The van der Waals surface area contributed by atoms with Crippen LogP contribution in [0, 0.1) is 6.92 Å². The quantitative estimate of drug-likeness (QED) is 0.896. The smallest absolute Gasteiger partial charge is 0.212 e. The number of unbranched alkanes of at least 4 members (excludes halogenated alkanes) is 1. The molecule has 1 atom stereocenters. The van der Waals surface area contributed by atoms with Gasteiger partial charge in [-0.15, -0.1) is 0 Å². The molecule has 0 bridgehead atoms. The summed E-state index contributed by atoms with van der Waals surface area (Å²) in [5.74, 6) is 0.610. The average Bonchev–Trinajstić information content (AvgIpc) is 2.69. The van der Waals surface area contributed by atoms with Crippen LogP contribution in [0.25, 0.3) is 11.1 Å². The number of nitrogens with two attached hydrogens (primary N) is 1. The lowest BCUT2D eigenvalue weighted by atomic mass is 10.1. The van der Waals surface area contributed by atoms with E-state index in [1.165, 1.54) is 0 Å². The van der Waals surface area contributed by atoms with Crippen molar-refractivity contribution in [3.63, 3.8) is 0 Å². The van der Waals surface area contributed by atoms with Crippen molar-refractivity contribution in [2.45, 2.75) is 39.2 Å². The molecule has 2 N–H and O–H groups in total. The van der Waals surface area contributed by atoms with E-state index in [9.17, 15) is 0 Å². The van der Waals surface area contributed by atoms with Crippen LogP contribution in [0.4, 0.5) is 0 Å². The zero-order valence-electron chi connectivity index (χ0n) is 10.2. The van der Waals surface area contributed by atoms with Gasteiger partial charge in [-0.3, -0.25) is 0 Å². The standard InChI is InChI=1S/C13H17ClN2O/c1-3-4-5-10(15)13-16-11-7-9(14)6-8(2)12(11)17-13/h6-7,10H,3-5,15H2,1-2H3. The molecule has 1 heterocycles. The fourth-order valence-corrected chi connectivity index (χ4v) is 2.15. The van der Waals surface area contributed by atoms with Crippen molar-refractivity contribution in [3.8, 4) is 0 Å². The molecule has 1 aromatic carbocycles. The van der Waals surface area contributed by atoms with Gasteiger partial charge in [0.1, 0.15) is 5.52 Å². The number of benzene rings is 1. The Hall–Kier alpha value is -1.06. The number of fused-ring (bicyclic) bond motifs is 1. The number of hydrogen-bond donors (Lipinski definition) is 1.